The van der Waals surface area contributed by atoms with E-state index in [4.69, 9.17) is 10.1 Å². The Morgan fingerprint density at radius 1 is 1.21 bits per heavy atom. The van der Waals surface area contributed by atoms with Crippen LogP contribution in [-0.2, 0) is 12.8 Å². The Kier molecular flexibility index (Phi) is 3.63. The van der Waals surface area contributed by atoms with Crippen LogP contribution in [-0.4, -0.2) is 24.6 Å². The standard InChI is InChI=1S/C19H21N5/c1-12(2)9-18-20-10-15-14(5-4-6-16(15)22-18)17-7-8-19-21-13(3)11-24(19)23-17/h5,7-8,10-12H,4,6,9H2,1-3H3. The molecule has 0 unspecified atom stereocenters. The smallest absolute Gasteiger partial charge is 0.153 e. The minimum atomic E-state index is 0.565. The van der Waals surface area contributed by atoms with Gasteiger partial charge in [-0.05, 0) is 37.8 Å². The molecule has 0 N–H and O–H groups in total. The summed E-state index contributed by atoms with van der Waals surface area (Å²) in [5.41, 5.74) is 6.16. The second-order valence-corrected chi connectivity index (χ2v) is 6.80. The van der Waals surface area contributed by atoms with Crippen molar-refractivity contribution in [2.45, 2.75) is 40.0 Å². The van der Waals surface area contributed by atoms with Crippen LogP contribution < -0.4 is 0 Å². The van der Waals surface area contributed by atoms with Crippen molar-refractivity contribution in [3.63, 3.8) is 0 Å². The number of rotatable bonds is 3. The van der Waals surface area contributed by atoms with Gasteiger partial charge in [-0.3, -0.25) is 0 Å². The topological polar surface area (TPSA) is 56.0 Å². The Bertz CT molecular complexity index is 936. The van der Waals surface area contributed by atoms with Crippen molar-refractivity contribution in [2.75, 3.05) is 0 Å². The van der Waals surface area contributed by atoms with Gasteiger partial charge in [0.1, 0.15) is 5.82 Å². The van der Waals surface area contributed by atoms with Gasteiger partial charge in [0.25, 0.3) is 0 Å². The Morgan fingerprint density at radius 2 is 2.08 bits per heavy atom. The van der Waals surface area contributed by atoms with Crippen LogP contribution in [0.15, 0.2) is 30.6 Å². The Balaban J connectivity index is 1.75. The van der Waals surface area contributed by atoms with Crippen molar-refractivity contribution >= 4 is 11.2 Å². The normalized spacial score (nSPS) is 14.1. The lowest BCUT2D eigenvalue weighted by Gasteiger charge is -2.17. The van der Waals surface area contributed by atoms with Crippen molar-refractivity contribution in [1.29, 1.82) is 0 Å². The molecule has 4 rings (SSSR count). The lowest BCUT2D eigenvalue weighted by atomic mass is 9.93. The van der Waals surface area contributed by atoms with E-state index < -0.39 is 0 Å². The molecule has 0 atom stereocenters. The van der Waals surface area contributed by atoms with E-state index in [1.165, 1.54) is 0 Å². The first-order chi connectivity index (χ1) is 11.6. The molecule has 3 aromatic heterocycles. The van der Waals surface area contributed by atoms with Gasteiger partial charge in [-0.25, -0.2) is 19.5 Å². The minimum Gasteiger partial charge on any atom is -0.241 e. The fraction of sp³-hybridized carbons (Fsp3) is 0.368. The molecule has 5 heteroatoms. The number of aryl methyl sites for hydroxylation is 2. The van der Waals surface area contributed by atoms with Crippen LogP contribution in [0.4, 0.5) is 0 Å². The number of nitrogens with zero attached hydrogens (tertiary/aromatic N) is 5. The van der Waals surface area contributed by atoms with Gasteiger partial charge in [0.2, 0.25) is 0 Å². The van der Waals surface area contributed by atoms with E-state index in [1.807, 2.05) is 36.0 Å². The monoisotopic (exact) mass is 319 g/mol. The highest BCUT2D eigenvalue weighted by Crippen LogP contribution is 2.29. The van der Waals surface area contributed by atoms with Crippen LogP contribution in [0, 0.1) is 12.8 Å². The number of hydrogen-bond donors (Lipinski definition) is 0. The van der Waals surface area contributed by atoms with Crippen LogP contribution in [0.5, 0.6) is 0 Å². The highest BCUT2D eigenvalue weighted by Gasteiger charge is 2.18. The molecule has 0 amide bonds. The summed E-state index contributed by atoms with van der Waals surface area (Å²) >= 11 is 0. The lowest BCUT2D eigenvalue weighted by molar-refractivity contribution is 0.616. The molecule has 0 aromatic carbocycles. The van der Waals surface area contributed by atoms with E-state index in [2.05, 4.69) is 29.9 Å². The summed E-state index contributed by atoms with van der Waals surface area (Å²) in [6, 6.07) is 4.04. The van der Waals surface area contributed by atoms with Crippen molar-refractivity contribution in [3.05, 3.63) is 59.1 Å². The Labute approximate surface area is 141 Å². The summed E-state index contributed by atoms with van der Waals surface area (Å²) in [7, 11) is 0. The molecule has 0 aliphatic heterocycles. The average Bonchev–Trinajstić information content (AvgIpc) is 2.92. The van der Waals surface area contributed by atoms with E-state index in [9.17, 15) is 0 Å². The maximum atomic E-state index is 4.80. The largest absolute Gasteiger partial charge is 0.241 e. The van der Waals surface area contributed by atoms with Crippen molar-refractivity contribution < 1.29 is 0 Å². The van der Waals surface area contributed by atoms with Gasteiger partial charge in [0.05, 0.1) is 23.3 Å². The third-order valence-electron chi connectivity index (χ3n) is 4.24. The second kappa shape index (κ2) is 5.82. The van der Waals surface area contributed by atoms with Gasteiger partial charge in [-0.15, -0.1) is 0 Å². The molecule has 0 radical (unpaired) electrons. The molecule has 1 aliphatic carbocycles. The SMILES string of the molecule is Cc1cn2nc(C3=CCCc4nc(CC(C)C)ncc43)ccc2n1. The first kappa shape index (κ1) is 15.0. The van der Waals surface area contributed by atoms with E-state index >= 15 is 0 Å². The maximum Gasteiger partial charge on any atom is 0.153 e. The maximum absolute atomic E-state index is 4.80. The summed E-state index contributed by atoms with van der Waals surface area (Å²) in [5, 5.41) is 4.72. The van der Waals surface area contributed by atoms with Crippen LogP contribution in [0.3, 0.4) is 0 Å². The first-order valence-electron chi connectivity index (χ1n) is 8.49. The summed E-state index contributed by atoms with van der Waals surface area (Å²) in [5.74, 6) is 1.51. The predicted molar refractivity (Wildman–Crippen MR) is 93.7 cm³/mol. The van der Waals surface area contributed by atoms with E-state index in [0.29, 0.717) is 5.92 Å². The Morgan fingerprint density at radius 3 is 2.92 bits per heavy atom. The summed E-state index contributed by atoms with van der Waals surface area (Å²) in [6.45, 7) is 6.37. The summed E-state index contributed by atoms with van der Waals surface area (Å²) in [4.78, 5) is 13.8. The number of imidazole rings is 1. The molecule has 3 heterocycles. The number of aromatic nitrogens is 5. The fourth-order valence-electron chi connectivity index (χ4n) is 3.19. The summed E-state index contributed by atoms with van der Waals surface area (Å²) in [6.07, 6.45) is 9.04. The van der Waals surface area contributed by atoms with Gasteiger partial charge in [-0.2, -0.15) is 5.10 Å². The van der Waals surface area contributed by atoms with Gasteiger partial charge in [0.15, 0.2) is 5.65 Å². The molecule has 122 valence electrons. The lowest BCUT2D eigenvalue weighted by Crippen LogP contribution is -2.10. The number of fused-ring (bicyclic) bond motifs is 2. The van der Waals surface area contributed by atoms with Crippen LogP contribution in [0.1, 0.15) is 48.7 Å². The molecule has 0 spiro atoms. The van der Waals surface area contributed by atoms with E-state index in [1.54, 1.807) is 0 Å². The van der Waals surface area contributed by atoms with Crippen molar-refractivity contribution in [2.24, 2.45) is 5.92 Å². The molecule has 0 fully saturated rings. The quantitative estimate of drug-likeness (QED) is 0.742. The van der Waals surface area contributed by atoms with Crippen LogP contribution >= 0.6 is 0 Å². The second-order valence-electron chi connectivity index (χ2n) is 6.80. The van der Waals surface area contributed by atoms with Crippen molar-refractivity contribution in [1.82, 2.24) is 24.6 Å². The molecule has 3 aromatic rings. The highest BCUT2D eigenvalue weighted by molar-refractivity contribution is 5.80. The van der Waals surface area contributed by atoms with Gasteiger partial charge in [-0.1, -0.05) is 19.9 Å². The zero-order valence-electron chi connectivity index (χ0n) is 14.3. The average molecular weight is 319 g/mol. The number of hydrogen-bond acceptors (Lipinski definition) is 4. The molecular weight excluding hydrogens is 298 g/mol. The van der Waals surface area contributed by atoms with Crippen LogP contribution in [0.2, 0.25) is 0 Å². The molecule has 0 saturated heterocycles. The number of allylic oxidation sites excluding steroid dienone is 1. The van der Waals surface area contributed by atoms with Crippen LogP contribution in [0.25, 0.3) is 11.2 Å². The first-order valence-corrected chi connectivity index (χ1v) is 8.49. The zero-order chi connectivity index (χ0) is 16.7. The predicted octanol–water partition coefficient (Wildman–Crippen LogP) is 3.40. The molecule has 1 aliphatic rings. The van der Waals surface area contributed by atoms with Gasteiger partial charge < -0.3 is 0 Å². The third-order valence-corrected chi connectivity index (χ3v) is 4.24. The molecule has 5 nitrogen and oxygen atoms in total. The van der Waals surface area contributed by atoms with Gasteiger partial charge >= 0.3 is 0 Å². The highest BCUT2D eigenvalue weighted by atomic mass is 15.2. The summed E-state index contributed by atoms with van der Waals surface area (Å²) < 4.78 is 1.84. The zero-order valence-corrected chi connectivity index (χ0v) is 14.3. The Hall–Kier alpha value is -2.56. The fourth-order valence-corrected chi connectivity index (χ4v) is 3.19. The molecule has 0 bridgehead atoms. The minimum absolute atomic E-state index is 0.565. The van der Waals surface area contributed by atoms with Crippen molar-refractivity contribution in [3.8, 4) is 0 Å². The molecular formula is C19H21N5. The molecule has 0 saturated carbocycles. The molecule has 24 heavy (non-hydrogen) atoms. The van der Waals surface area contributed by atoms with E-state index in [-0.39, 0.29) is 0 Å². The third kappa shape index (κ3) is 2.70. The van der Waals surface area contributed by atoms with E-state index in [0.717, 1.165) is 59.0 Å². The van der Waals surface area contributed by atoms with Gasteiger partial charge in [0, 0.05) is 23.8 Å².